The highest BCUT2D eigenvalue weighted by Crippen LogP contribution is 2.61. The standard InChI is InChI=1S/C16H24O2.C14H20O3.C12H14O4.C7H8O4.C4H6O2/c1-4-14-13-6-11-5-12(7-13)9-16(14,8-11)18-15(17)10(2)3;1-9(2)12(15)17-14-6-10-3-11(7-14)5-13(16,4-10)8-14;1-5(2)11(13)15-9-6-3-7-8(4-6)12(14)16-10(7)9;1-2-6(8)11-5-3-4-10-7(5)9;1-3(2)4(5)6/h11-14H,2,4-9H2,1,3H3;10-11,16H,1,3-8H2,2H3;6-10H,1,3-4H2,2H3;2,5H,1,3-4H2;1H2,2H3,(H,5,6). The monoisotopic (exact) mass is 948 g/mol. The molecule has 11 atom stereocenters. The molecule has 2 aliphatic heterocycles. The third-order valence-electron chi connectivity index (χ3n) is 15.9. The Balaban J connectivity index is 0.000000145. The molecular formula is C53H72O15. The molecule has 2 saturated heterocycles. The molecular weight excluding hydrogens is 877 g/mol. The Bertz CT molecular complexity index is 2040. The zero-order valence-corrected chi connectivity index (χ0v) is 40.6. The molecule has 10 bridgehead atoms. The molecule has 10 saturated carbocycles. The van der Waals surface area contributed by atoms with Gasteiger partial charge in [0.15, 0.2) is 0 Å². The molecule has 12 aliphatic rings. The van der Waals surface area contributed by atoms with Crippen molar-refractivity contribution in [3.05, 3.63) is 61.3 Å². The number of cyclic esters (lactones) is 1. The van der Waals surface area contributed by atoms with Crippen molar-refractivity contribution in [1.29, 1.82) is 0 Å². The van der Waals surface area contributed by atoms with Gasteiger partial charge in [-0.3, -0.25) is 4.79 Å². The number of esters is 6. The van der Waals surface area contributed by atoms with E-state index in [0.29, 0.717) is 59.8 Å². The van der Waals surface area contributed by atoms with E-state index in [4.69, 9.17) is 24.1 Å². The molecule has 15 heteroatoms. The zero-order chi connectivity index (χ0) is 50.0. The molecule has 0 aromatic heterocycles. The zero-order valence-electron chi connectivity index (χ0n) is 40.6. The van der Waals surface area contributed by atoms with E-state index in [1.807, 2.05) is 0 Å². The lowest BCUT2D eigenvalue weighted by Gasteiger charge is -2.60. The number of carbonyl (C=O) groups is 7. The number of carboxylic acid groups (broad SMARTS) is 1. The van der Waals surface area contributed by atoms with E-state index in [9.17, 15) is 38.7 Å². The molecule has 2 N–H and O–H groups in total. The minimum Gasteiger partial charge on any atom is -0.478 e. The normalized spacial score (nSPS) is 38.1. The highest BCUT2D eigenvalue weighted by Gasteiger charge is 2.64. The van der Waals surface area contributed by atoms with Crippen molar-refractivity contribution in [3.8, 4) is 0 Å². The van der Waals surface area contributed by atoms with Crippen LogP contribution in [0.25, 0.3) is 0 Å². The number of carboxylic acids is 1. The smallest absolute Gasteiger partial charge is 0.347 e. The summed E-state index contributed by atoms with van der Waals surface area (Å²) in [6, 6.07) is 0. The van der Waals surface area contributed by atoms with Crippen LogP contribution in [0.3, 0.4) is 0 Å². The Morgan fingerprint density at radius 2 is 1.26 bits per heavy atom. The van der Waals surface area contributed by atoms with Crippen LogP contribution in [0.2, 0.25) is 0 Å². The summed E-state index contributed by atoms with van der Waals surface area (Å²) < 4.78 is 31.5. The maximum absolute atomic E-state index is 12.0. The molecule has 0 aromatic carbocycles. The van der Waals surface area contributed by atoms with Gasteiger partial charge < -0.3 is 38.6 Å². The van der Waals surface area contributed by atoms with Crippen molar-refractivity contribution in [1.82, 2.24) is 0 Å². The van der Waals surface area contributed by atoms with E-state index in [2.05, 4.69) is 49.3 Å². The molecule has 68 heavy (non-hydrogen) atoms. The molecule has 12 fully saturated rings. The Hall–Kier alpha value is -5.05. The minimum atomic E-state index is -0.935. The van der Waals surface area contributed by atoms with Crippen LogP contribution >= 0.6 is 0 Å². The number of fused-ring (bicyclic) bond motifs is 1. The van der Waals surface area contributed by atoms with Crippen LogP contribution in [0, 0.1) is 53.3 Å². The maximum Gasteiger partial charge on any atom is 0.347 e. The number of aliphatic hydroxyl groups is 1. The second-order valence-electron chi connectivity index (χ2n) is 21.6. The van der Waals surface area contributed by atoms with Crippen LogP contribution in [0.15, 0.2) is 61.3 Å². The molecule has 0 radical (unpaired) electrons. The predicted octanol–water partition coefficient (Wildman–Crippen LogP) is 7.63. The number of hydrogen-bond donors (Lipinski definition) is 2. The third-order valence-corrected chi connectivity index (χ3v) is 15.9. The van der Waals surface area contributed by atoms with Crippen LogP contribution in [0.1, 0.15) is 131 Å². The summed E-state index contributed by atoms with van der Waals surface area (Å²) in [5, 5.41) is 18.4. The van der Waals surface area contributed by atoms with Gasteiger partial charge in [-0.2, -0.15) is 0 Å². The highest BCUT2D eigenvalue weighted by molar-refractivity contribution is 5.88. The first kappa shape index (κ1) is 52.3. The summed E-state index contributed by atoms with van der Waals surface area (Å²) in [6.07, 6.45) is 15.1. The fraction of sp³-hybridized carbons (Fsp3) is 0.679. The van der Waals surface area contributed by atoms with E-state index in [1.165, 1.54) is 32.6 Å². The van der Waals surface area contributed by atoms with E-state index >= 15 is 0 Å². The summed E-state index contributed by atoms with van der Waals surface area (Å²) in [6.45, 7) is 26.4. The average molecular weight is 949 g/mol. The van der Waals surface area contributed by atoms with E-state index in [-0.39, 0.29) is 59.1 Å². The number of rotatable bonds is 10. The predicted molar refractivity (Wildman–Crippen MR) is 247 cm³/mol. The Labute approximate surface area is 400 Å². The molecule has 0 spiro atoms. The Kier molecular flexibility index (Phi) is 16.1. The van der Waals surface area contributed by atoms with Crippen molar-refractivity contribution in [3.63, 3.8) is 0 Å². The number of hydrogen-bond acceptors (Lipinski definition) is 14. The van der Waals surface area contributed by atoms with Gasteiger partial charge in [0.05, 0.1) is 18.1 Å². The van der Waals surface area contributed by atoms with E-state index in [0.717, 1.165) is 81.6 Å². The molecule has 10 aliphatic carbocycles. The van der Waals surface area contributed by atoms with Gasteiger partial charge in [0.25, 0.3) is 0 Å². The van der Waals surface area contributed by atoms with Crippen molar-refractivity contribution in [2.45, 2.75) is 166 Å². The quantitative estimate of drug-likeness (QED) is 0.122. The molecule has 374 valence electrons. The third kappa shape index (κ3) is 11.7. The Morgan fingerprint density at radius 3 is 1.75 bits per heavy atom. The lowest BCUT2D eigenvalue weighted by molar-refractivity contribution is -0.217. The summed E-state index contributed by atoms with van der Waals surface area (Å²) in [7, 11) is 0. The van der Waals surface area contributed by atoms with Crippen molar-refractivity contribution in [2.24, 2.45) is 53.3 Å². The van der Waals surface area contributed by atoms with Gasteiger partial charge in [0, 0.05) is 59.0 Å². The fourth-order valence-electron chi connectivity index (χ4n) is 13.8. The average Bonchev–Trinajstić information content (AvgIpc) is 3.99. The van der Waals surface area contributed by atoms with Crippen LogP contribution in [-0.4, -0.2) is 93.7 Å². The van der Waals surface area contributed by atoms with Gasteiger partial charge >= 0.3 is 41.8 Å². The van der Waals surface area contributed by atoms with E-state index in [1.54, 1.807) is 20.8 Å². The van der Waals surface area contributed by atoms with Crippen molar-refractivity contribution >= 4 is 41.8 Å². The number of carbonyl (C=O) groups excluding carboxylic acids is 6. The lowest BCUT2D eigenvalue weighted by Crippen LogP contribution is -2.60. The fourth-order valence-corrected chi connectivity index (χ4v) is 13.8. The van der Waals surface area contributed by atoms with Crippen molar-refractivity contribution in [2.75, 3.05) is 6.61 Å². The van der Waals surface area contributed by atoms with Crippen LogP contribution in [-0.2, 0) is 62.0 Å². The highest BCUT2D eigenvalue weighted by atomic mass is 16.6. The summed E-state index contributed by atoms with van der Waals surface area (Å²) in [4.78, 5) is 77.5. The van der Waals surface area contributed by atoms with Crippen molar-refractivity contribution < 1.29 is 72.2 Å². The first-order valence-electron chi connectivity index (χ1n) is 24.3. The summed E-state index contributed by atoms with van der Waals surface area (Å²) in [5.41, 5.74) is 0.459. The van der Waals surface area contributed by atoms with Crippen LogP contribution in [0.5, 0.6) is 0 Å². The molecule has 2 heterocycles. The molecule has 12 rings (SSSR count). The second kappa shape index (κ2) is 20.9. The van der Waals surface area contributed by atoms with Gasteiger partial charge in [-0.15, -0.1) is 0 Å². The maximum atomic E-state index is 12.0. The van der Waals surface area contributed by atoms with E-state index < -0.39 is 35.2 Å². The van der Waals surface area contributed by atoms with Gasteiger partial charge in [-0.25, -0.2) is 28.8 Å². The van der Waals surface area contributed by atoms with Gasteiger partial charge in [0.1, 0.15) is 23.4 Å². The molecule has 0 aromatic rings. The minimum absolute atomic E-state index is 0.0646. The number of aliphatic carboxylic acids is 1. The molecule has 0 amide bonds. The Morgan fingerprint density at radius 1 is 0.706 bits per heavy atom. The van der Waals surface area contributed by atoms with Crippen LogP contribution < -0.4 is 0 Å². The molecule has 11 unspecified atom stereocenters. The van der Waals surface area contributed by atoms with Gasteiger partial charge in [-0.1, -0.05) is 39.8 Å². The van der Waals surface area contributed by atoms with Gasteiger partial charge in [-0.05, 0) is 141 Å². The molecule has 15 nitrogen and oxygen atoms in total. The SMILES string of the molecule is C=C(C)C(=O)O.C=C(C)C(=O)OC12CC3CC(CC(C3)C1CC)C2.C=C(C)C(=O)OC12CC3CC(CC(O)(C3)C1)C2.C=C(C)C(=O)OC1C2CC3C(=O)OC1C3C2.C=CC(=O)OC1CCOC1=O. The van der Waals surface area contributed by atoms with Gasteiger partial charge in [0.2, 0.25) is 6.10 Å². The van der Waals surface area contributed by atoms with Crippen LogP contribution in [0.4, 0.5) is 0 Å². The largest absolute Gasteiger partial charge is 0.478 e. The summed E-state index contributed by atoms with van der Waals surface area (Å²) in [5.74, 6) is 1.79. The first-order valence-corrected chi connectivity index (χ1v) is 24.3. The number of ether oxygens (including phenoxy) is 6. The summed E-state index contributed by atoms with van der Waals surface area (Å²) >= 11 is 0. The topological polar surface area (TPSA) is 215 Å². The second-order valence-corrected chi connectivity index (χ2v) is 21.6. The lowest BCUT2D eigenvalue weighted by atomic mass is 9.49. The first-order chi connectivity index (χ1) is 31.9.